The van der Waals surface area contributed by atoms with Gasteiger partial charge in [0.25, 0.3) is 0 Å². The van der Waals surface area contributed by atoms with Crippen LogP contribution in [-0.2, 0) is 26.0 Å². The predicted octanol–water partition coefficient (Wildman–Crippen LogP) is 2.25. The summed E-state index contributed by atoms with van der Waals surface area (Å²) in [6.45, 7) is 9.66. The van der Waals surface area contributed by atoms with E-state index in [4.69, 9.17) is 26.0 Å². The van der Waals surface area contributed by atoms with Crippen molar-refractivity contribution in [2.75, 3.05) is 59.2 Å². The van der Waals surface area contributed by atoms with Gasteiger partial charge in [0.05, 0.1) is 39.3 Å². The number of hydrogen-bond acceptors (Lipinski definition) is 4. The number of rotatable bonds is 7. The van der Waals surface area contributed by atoms with Crippen molar-refractivity contribution in [3.8, 4) is 0 Å². The number of morpholine rings is 2. The van der Waals surface area contributed by atoms with Gasteiger partial charge in [0, 0.05) is 32.0 Å². The third kappa shape index (κ3) is 5.02. The summed E-state index contributed by atoms with van der Waals surface area (Å²) < 4.78 is 21.4. The molecule has 2 rings (SSSR count). The zero-order valence-electron chi connectivity index (χ0n) is 12.9. The Morgan fingerprint density at radius 2 is 1.57 bits per heavy atom. The summed E-state index contributed by atoms with van der Waals surface area (Å²) in [7, 11) is 0. The van der Waals surface area contributed by atoms with Gasteiger partial charge >= 0.3 is 0 Å². The average molecular weight is 334 g/mol. The first-order valence-corrected chi connectivity index (χ1v) is 10.6. The summed E-state index contributed by atoms with van der Waals surface area (Å²) >= 11 is 6.10. The largest absolute Gasteiger partial charge is 0.501 e. The van der Waals surface area contributed by atoms with Crippen LogP contribution in [0.2, 0.25) is 0 Å². The molecule has 0 aliphatic carbocycles. The molecule has 2 heterocycles. The lowest BCUT2D eigenvalue weighted by molar-refractivity contribution is 0.0587. The van der Waals surface area contributed by atoms with Crippen molar-refractivity contribution < 1.29 is 14.2 Å². The molecule has 2 aliphatic heterocycles. The molecule has 0 aromatic rings. The maximum absolute atomic E-state index is 6.10. The minimum atomic E-state index is -1.88. The first-order chi connectivity index (χ1) is 10.3. The minimum Gasteiger partial charge on any atom is -0.501 e. The molecule has 0 aromatic heterocycles. The fraction of sp³-hybridized carbons (Fsp3) is 0.857. The van der Waals surface area contributed by atoms with Gasteiger partial charge in [-0.2, -0.15) is 0 Å². The van der Waals surface area contributed by atoms with E-state index in [1.54, 1.807) is 0 Å². The third-order valence-electron chi connectivity index (χ3n) is 3.75. The van der Waals surface area contributed by atoms with Crippen molar-refractivity contribution >= 4 is 18.1 Å². The summed E-state index contributed by atoms with van der Waals surface area (Å²) in [5, 5.41) is 0. The molecule has 0 amide bonds. The van der Waals surface area contributed by atoms with E-state index < -0.39 is 6.34 Å². The van der Waals surface area contributed by atoms with E-state index in [9.17, 15) is 0 Å². The normalized spacial score (nSPS) is 22.7. The van der Waals surface area contributed by atoms with Crippen molar-refractivity contribution in [2.45, 2.75) is 19.8 Å². The Balaban J connectivity index is 2.02. The Labute approximate surface area is 133 Å². The highest BCUT2D eigenvalue weighted by atomic mass is 32.4. The average Bonchev–Trinajstić information content (AvgIpc) is 2.56. The van der Waals surface area contributed by atoms with Crippen LogP contribution in [0.15, 0.2) is 12.1 Å². The molecule has 0 radical (unpaired) electrons. The maximum Gasteiger partial charge on any atom is 0.103 e. The molecule has 21 heavy (non-hydrogen) atoms. The molecule has 7 heteroatoms. The van der Waals surface area contributed by atoms with E-state index in [0.717, 1.165) is 72.1 Å². The molecule has 0 N–H and O–H groups in total. The summed E-state index contributed by atoms with van der Waals surface area (Å²) in [5.41, 5.74) is 0. The van der Waals surface area contributed by atoms with Gasteiger partial charge in [-0.1, -0.05) is 25.2 Å². The maximum atomic E-state index is 6.10. The van der Waals surface area contributed by atoms with Crippen LogP contribution in [0.1, 0.15) is 19.8 Å². The SMILES string of the molecule is CCCCOC=CP(=S)(N1CCOCC1)N1CCOCC1. The minimum absolute atomic E-state index is 0.771. The molecule has 0 spiro atoms. The van der Waals surface area contributed by atoms with Crippen molar-refractivity contribution in [2.24, 2.45) is 0 Å². The van der Waals surface area contributed by atoms with E-state index in [1.807, 2.05) is 6.26 Å². The zero-order chi connectivity index (χ0) is 15.0. The third-order valence-corrected chi connectivity index (χ3v) is 8.43. The van der Waals surface area contributed by atoms with Crippen LogP contribution >= 0.6 is 6.34 Å². The molecule has 2 saturated heterocycles. The summed E-state index contributed by atoms with van der Waals surface area (Å²) in [4.78, 5) is 0. The predicted molar refractivity (Wildman–Crippen MR) is 89.1 cm³/mol. The molecule has 0 saturated carbocycles. The van der Waals surface area contributed by atoms with E-state index >= 15 is 0 Å². The van der Waals surface area contributed by atoms with Crippen LogP contribution in [-0.4, -0.2) is 68.6 Å². The van der Waals surface area contributed by atoms with E-state index in [2.05, 4.69) is 22.1 Å². The molecule has 5 nitrogen and oxygen atoms in total. The van der Waals surface area contributed by atoms with Crippen LogP contribution < -0.4 is 0 Å². The summed E-state index contributed by atoms with van der Waals surface area (Å²) in [5.74, 6) is 2.13. The van der Waals surface area contributed by atoms with Crippen molar-refractivity contribution in [3.63, 3.8) is 0 Å². The van der Waals surface area contributed by atoms with Gasteiger partial charge in [0.2, 0.25) is 0 Å². The summed E-state index contributed by atoms with van der Waals surface area (Å²) in [6, 6.07) is 0. The molecular formula is C14H27N2O3PS. The molecule has 0 atom stereocenters. The van der Waals surface area contributed by atoms with Gasteiger partial charge in [-0.3, -0.25) is 9.34 Å². The van der Waals surface area contributed by atoms with E-state index in [-0.39, 0.29) is 0 Å². The van der Waals surface area contributed by atoms with Crippen molar-refractivity contribution in [1.29, 1.82) is 0 Å². The van der Waals surface area contributed by atoms with Gasteiger partial charge in [-0.05, 0) is 6.42 Å². The highest BCUT2D eigenvalue weighted by Gasteiger charge is 2.32. The second-order valence-corrected chi connectivity index (χ2v) is 9.45. The monoisotopic (exact) mass is 334 g/mol. The topological polar surface area (TPSA) is 34.2 Å². The van der Waals surface area contributed by atoms with Crippen LogP contribution in [0, 0.1) is 0 Å². The second-order valence-electron chi connectivity index (χ2n) is 5.23. The smallest absolute Gasteiger partial charge is 0.103 e. The Morgan fingerprint density at radius 3 is 2.05 bits per heavy atom. The van der Waals surface area contributed by atoms with Gasteiger partial charge in [-0.15, -0.1) is 0 Å². The van der Waals surface area contributed by atoms with Crippen LogP contribution in [0.25, 0.3) is 0 Å². The molecule has 0 aromatic carbocycles. The first kappa shape index (κ1) is 17.4. The van der Waals surface area contributed by atoms with Crippen LogP contribution in [0.3, 0.4) is 0 Å². The van der Waals surface area contributed by atoms with Crippen molar-refractivity contribution in [1.82, 2.24) is 9.34 Å². The number of hydrogen-bond donors (Lipinski definition) is 0. The zero-order valence-corrected chi connectivity index (χ0v) is 14.6. The number of unbranched alkanes of at least 4 members (excludes halogenated alkanes) is 1. The lowest BCUT2D eigenvalue weighted by Crippen LogP contribution is -2.42. The molecule has 2 aliphatic rings. The Morgan fingerprint density at radius 1 is 1.05 bits per heavy atom. The van der Waals surface area contributed by atoms with Gasteiger partial charge in [0.1, 0.15) is 6.34 Å². The van der Waals surface area contributed by atoms with Crippen molar-refractivity contribution in [3.05, 3.63) is 12.1 Å². The van der Waals surface area contributed by atoms with Gasteiger partial charge in [-0.25, -0.2) is 0 Å². The Bertz CT molecular complexity index is 347. The number of nitrogens with zero attached hydrogens (tertiary/aromatic N) is 2. The highest BCUT2D eigenvalue weighted by molar-refractivity contribution is 8.13. The molecule has 0 unspecified atom stereocenters. The summed E-state index contributed by atoms with van der Waals surface area (Å²) in [6.07, 6.45) is 2.18. The quantitative estimate of drug-likeness (QED) is 0.404. The second kappa shape index (κ2) is 9.23. The lowest BCUT2D eigenvalue weighted by atomic mass is 10.4. The molecule has 2 fully saturated rings. The van der Waals surface area contributed by atoms with Gasteiger partial charge in [0.15, 0.2) is 0 Å². The number of ether oxygens (including phenoxy) is 3. The lowest BCUT2D eigenvalue weighted by Gasteiger charge is -2.43. The van der Waals surface area contributed by atoms with E-state index in [1.165, 1.54) is 0 Å². The first-order valence-electron chi connectivity index (χ1n) is 7.83. The molecule has 122 valence electrons. The Kier molecular flexibility index (Phi) is 7.64. The Hall–Kier alpha value is 0.0300. The standard InChI is InChI=1S/C14H27N2O3PS/c1-2-3-8-17-13-14-20(21,15-4-9-18-10-5-15)16-6-11-19-12-7-16/h13-14H,2-12H2,1H3. The molecule has 0 bridgehead atoms. The fourth-order valence-electron chi connectivity index (χ4n) is 2.47. The highest BCUT2D eigenvalue weighted by Crippen LogP contribution is 2.55. The van der Waals surface area contributed by atoms with Gasteiger partial charge < -0.3 is 14.2 Å². The van der Waals surface area contributed by atoms with Crippen LogP contribution in [0.4, 0.5) is 0 Å². The fourth-order valence-corrected chi connectivity index (χ4v) is 6.05. The van der Waals surface area contributed by atoms with Crippen LogP contribution in [0.5, 0.6) is 0 Å². The molecular weight excluding hydrogens is 307 g/mol. The van der Waals surface area contributed by atoms with E-state index in [0.29, 0.717) is 0 Å².